The number of carbonyl (C=O) groups excluding carboxylic acids is 1. The van der Waals surface area contributed by atoms with Crippen LogP contribution in [0, 0.1) is 10.1 Å². The van der Waals surface area contributed by atoms with Crippen LogP contribution >= 0.6 is 0 Å². The van der Waals surface area contributed by atoms with Crippen LogP contribution in [0.4, 0.5) is 5.69 Å². The number of aromatic amines is 1. The summed E-state index contributed by atoms with van der Waals surface area (Å²) in [5.41, 5.74) is -2.34. The maximum Gasteiger partial charge on any atom is 0.360 e. The molecule has 3 rings (SSSR count). The first kappa shape index (κ1) is 15.4. The van der Waals surface area contributed by atoms with E-state index in [1.54, 1.807) is 6.92 Å². The number of aromatic nitrogens is 1. The highest BCUT2D eigenvalue weighted by molar-refractivity contribution is 6.05. The smallest absolute Gasteiger partial charge is 0.360 e. The van der Waals surface area contributed by atoms with Crippen LogP contribution in [0.3, 0.4) is 0 Å². The van der Waals surface area contributed by atoms with Gasteiger partial charge in [0.2, 0.25) is 5.43 Å². The first-order chi connectivity index (χ1) is 11.4. The van der Waals surface area contributed by atoms with Crippen molar-refractivity contribution < 1.29 is 18.9 Å². The molecule has 0 atom stereocenters. The van der Waals surface area contributed by atoms with Crippen LogP contribution in [-0.2, 0) is 4.74 Å². The lowest BCUT2D eigenvalue weighted by Gasteiger charge is -2.05. The maximum atomic E-state index is 12.6. The molecule has 1 N–H and O–H groups in total. The van der Waals surface area contributed by atoms with Gasteiger partial charge in [0, 0.05) is 23.7 Å². The molecule has 0 fully saturated rings. The average molecular weight is 330 g/mol. The standard InChI is InChI=1S/C15H10N2O7/c1-2-23-14(19)9-6-16-12-11(13(9)18)8-5-7(17(21)22)3-4-10(8)24-15(12)20/h3-6H,2H2,1H3,(H,16,18). The molecule has 3 aromatic rings. The minimum absolute atomic E-state index is 0.00427. The van der Waals surface area contributed by atoms with Gasteiger partial charge >= 0.3 is 11.6 Å². The van der Waals surface area contributed by atoms with Gasteiger partial charge in [-0.1, -0.05) is 0 Å². The highest BCUT2D eigenvalue weighted by Crippen LogP contribution is 2.24. The van der Waals surface area contributed by atoms with E-state index in [0.717, 1.165) is 18.3 Å². The van der Waals surface area contributed by atoms with E-state index in [0.29, 0.717) is 0 Å². The van der Waals surface area contributed by atoms with E-state index in [-0.39, 0.29) is 39.7 Å². The number of rotatable bonds is 3. The number of ether oxygens (including phenoxy) is 1. The quantitative estimate of drug-likeness (QED) is 0.254. The molecule has 0 unspecified atom stereocenters. The van der Waals surface area contributed by atoms with E-state index in [9.17, 15) is 24.5 Å². The fraction of sp³-hybridized carbons (Fsp3) is 0.133. The molecule has 0 aliphatic rings. The molecule has 0 aliphatic heterocycles. The summed E-state index contributed by atoms with van der Waals surface area (Å²) >= 11 is 0. The van der Waals surface area contributed by atoms with Crippen LogP contribution in [0.2, 0.25) is 0 Å². The Kier molecular flexibility index (Phi) is 3.60. The molecule has 0 radical (unpaired) electrons. The number of fused-ring (bicyclic) bond motifs is 3. The second-order valence-electron chi connectivity index (χ2n) is 4.83. The van der Waals surface area contributed by atoms with Gasteiger partial charge in [-0.05, 0) is 13.0 Å². The van der Waals surface area contributed by atoms with Gasteiger partial charge in [-0.3, -0.25) is 14.9 Å². The Bertz CT molecular complexity index is 1110. The van der Waals surface area contributed by atoms with Crippen molar-refractivity contribution in [3.05, 3.63) is 60.7 Å². The van der Waals surface area contributed by atoms with Gasteiger partial charge in [0.25, 0.3) is 5.69 Å². The third kappa shape index (κ3) is 2.32. The Morgan fingerprint density at radius 1 is 1.38 bits per heavy atom. The van der Waals surface area contributed by atoms with Crippen molar-refractivity contribution >= 4 is 33.5 Å². The predicted molar refractivity (Wildman–Crippen MR) is 83.2 cm³/mol. The third-order valence-corrected chi connectivity index (χ3v) is 3.43. The van der Waals surface area contributed by atoms with Crippen molar-refractivity contribution in [2.24, 2.45) is 0 Å². The Labute approximate surface area is 132 Å². The van der Waals surface area contributed by atoms with Crippen LogP contribution in [-0.4, -0.2) is 22.5 Å². The minimum Gasteiger partial charge on any atom is -0.462 e. The molecular weight excluding hydrogens is 320 g/mol. The highest BCUT2D eigenvalue weighted by atomic mass is 16.6. The van der Waals surface area contributed by atoms with Crippen molar-refractivity contribution in [1.82, 2.24) is 4.98 Å². The molecule has 0 saturated carbocycles. The molecule has 24 heavy (non-hydrogen) atoms. The zero-order valence-electron chi connectivity index (χ0n) is 12.3. The summed E-state index contributed by atoms with van der Waals surface area (Å²) < 4.78 is 9.84. The molecule has 1 aromatic carbocycles. The monoisotopic (exact) mass is 330 g/mol. The van der Waals surface area contributed by atoms with Gasteiger partial charge < -0.3 is 14.1 Å². The van der Waals surface area contributed by atoms with Gasteiger partial charge in [-0.15, -0.1) is 0 Å². The topological polar surface area (TPSA) is 133 Å². The van der Waals surface area contributed by atoms with Crippen LogP contribution in [0.25, 0.3) is 21.9 Å². The van der Waals surface area contributed by atoms with Crippen molar-refractivity contribution in [3.8, 4) is 0 Å². The molecule has 2 aromatic heterocycles. The van der Waals surface area contributed by atoms with E-state index < -0.39 is 21.9 Å². The van der Waals surface area contributed by atoms with Crippen molar-refractivity contribution in [1.29, 1.82) is 0 Å². The molecule has 2 heterocycles. The van der Waals surface area contributed by atoms with Crippen LogP contribution in [0.15, 0.2) is 38.4 Å². The van der Waals surface area contributed by atoms with E-state index in [2.05, 4.69) is 4.98 Å². The Morgan fingerprint density at radius 3 is 2.79 bits per heavy atom. The zero-order chi connectivity index (χ0) is 17.4. The number of hydrogen-bond donors (Lipinski definition) is 1. The summed E-state index contributed by atoms with van der Waals surface area (Å²) in [7, 11) is 0. The lowest BCUT2D eigenvalue weighted by atomic mass is 10.1. The molecule has 9 nitrogen and oxygen atoms in total. The SMILES string of the molecule is CCOC(=O)c1c[nH]c2c(=O)oc3ccc([N+](=O)[O-])cc3c2c1=O. The zero-order valence-corrected chi connectivity index (χ0v) is 12.3. The number of nitro groups is 1. The number of non-ortho nitro benzene ring substituents is 1. The van der Waals surface area contributed by atoms with Gasteiger partial charge in [-0.25, -0.2) is 9.59 Å². The summed E-state index contributed by atoms with van der Waals surface area (Å²) in [5, 5.41) is 10.9. The fourth-order valence-corrected chi connectivity index (χ4v) is 2.38. The molecule has 0 amide bonds. The van der Waals surface area contributed by atoms with E-state index >= 15 is 0 Å². The number of hydrogen-bond acceptors (Lipinski definition) is 7. The first-order valence-corrected chi connectivity index (χ1v) is 6.87. The summed E-state index contributed by atoms with van der Waals surface area (Å²) in [5.74, 6) is -0.854. The molecule has 122 valence electrons. The third-order valence-electron chi connectivity index (χ3n) is 3.43. The molecule has 0 bridgehead atoms. The van der Waals surface area contributed by atoms with E-state index in [1.165, 1.54) is 6.07 Å². The number of nitrogens with one attached hydrogen (secondary N) is 1. The van der Waals surface area contributed by atoms with Crippen molar-refractivity contribution in [2.45, 2.75) is 6.92 Å². The number of esters is 1. The van der Waals surface area contributed by atoms with Crippen LogP contribution in [0.5, 0.6) is 0 Å². The number of nitrogens with zero attached hydrogens (tertiary/aromatic N) is 1. The minimum atomic E-state index is -0.854. The average Bonchev–Trinajstić information content (AvgIpc) is 2.54. The van der Waals surface area contributed by atoms with Gasteiger partial charge in [-0.2, -0.15) is 0 Å². The molecule has 0 spiro atoms. The summed E-state index contributed by atoms with van der Waals surface area (Å²) in [4.78, 5) is 49.3. The Balaban J connectivity index is 2.47. The predicted octanol–water partition coefficient (Wildman–Crippen LogP) is 1.72. The van der Waals surface area contributed by atoms with Gasteiger partial charge in [0.1, 0.15) is 16.7 Å². The van der Waals surface area contributed by atoms with E-state index in [1.807, 2.05) is 0 Å². The Hall–Kier alpha value is -3.49. The number of pyridine rings is 1. The largest absolute Gasteiger partial charge is 0.462 e. The van der Waals surface area contributed by atoms with Crippen LogP contribution in [0.1, 0.15) is 17.3 Å². The maximum absolute atomic E-state index is 12.6. The summed E-state index contributed by atoms with van der Waals surface area (Å²) in [6, 6.07) is 3.50. The van der Waals surface area contributed by atoms with Crippen molar-refractivity contribution in [2.75, 3.05) is 6.61 Å². The number of benzene rings is 1. The normalized spacial score (nSPS) is 10.9. The lowest BCUT2D eigenvalue weighted by Crippen LogP contribution is -2.20. The lowest BCUT2D eigenvalue weighted by molar-refractivity contribution is -0.384. The second-order valence-corrected chi connectivity index (χ2v) is 4.83. The molecular formula is C15H10N2O7. The number of carbonyl (C=O) groups is 1. The van der Waals surface area contributed by atoms with Gasteiger partial charge in [0.05, 0.1) is 16.9 Å². The van der Waals surface area contributed by atoms with Gasteiger partial charge in [0.15, 0.2) is 0 Å². The van der Waals surface area contributed by atoms with Crippen molar-refractivity contribution in [3.63, 3.8) is 0 Å². The summed E-state index contributed by atoms with van der Waals surface area (Å²) in [6.07, 6.45) is 1.06. The second kappa shape index (κ2) is 5.61. The molecule has 0 aliphatic carbocycles. The molecule has 9 heteroatoms. The fourth-order valence-electron chi connectivity index (χ4n) is 2.38. The molecule has 0 saturated heterocycles. The first-order valence-electron chi connectivity index (χ1n) is 6.87. The Morgan fingerprint density at radius 2 is 2.12 bits per heavy atom. The highest BCUT2D eigenvalue weighted by Gasteiger charge is 2.20. The number of nitro benzene ring substituents is 1. The van der Waals surface area contributed by atoms with Crippen LogP contribution < -0.4 is 11.1 Å². The van der Waals surface area contributed by atoms with E-state index in [4.69, 9.17) is 9.15 Å². The number of H-pyrrole nitrogens is 1. The summed E-state index contributed by atoms with van der Waals surface area (Å²) in [6.45, 7) is 1.65.